The Morgan fingerprint density at radius 2 is 1.68 bits per heavy atom. The largest absolute Gasteiger partial charge is 0.512 e. The molecule has 0 radical (unpaired) electrons. The highest BCUT2D eigenvalue weighted by Gasteiger charge is 2.04. The van der Waals surface area contributed by atoms with Gasteiger partial charge in [-0.05, 0) is 63.5 Å². The molecule has 0 fully saturated rings. The highest BCUT2D eigenvalue weighted by molar-refractivity contribution is 5.76. The zero-order chi connectivity index (χ0) is 16.7. The molecule has 0 saturated carbocycles. The van der Waals surface area contributed by atoms with Crippen LogP contribution in [0.1, 0.15) is 40.2 Å². The van der Waals surface area contributed by atoms with E-state index in [0.29, 0.717) is 0 Å². The van der Waals surface area contributed by atoms with Gasteiger partial charge in [-0.25, -0.2) is 0 Å². The Morgan fingerprint density at radius 1 is 1.05 bits per heavy atom. The van der Waals surface area contributed by atoms with Gasteiger partial charge in [0.2, 0.25) is 0 Å². The van der Waals surface area contributed by atoms with Crippen molar-refractivity contribution in [3.8, 4) is 0 Å². The van der Waals surface area contributed by atoms with E-state index in [4.69, 9.17) is 0 Å². The number of rotatable bonds is 5. The molecule has 22 heavy (non-hydrogen) atoms. The lowest BCUT2D eigenvalue weighted by Gasteiger charge is -2.07. The SMILES string of the molecule is C=C(C)/C(C)=C/C=C(C)/C(C)=C/C(=C(\C)O)c1cccnc1. The van der Waals surface area contributed by atoms with Gasteiger partial charge >= 0.3 is 0 Å². The van der Waals surface area contributed by atoms with Crippen LogP contribution in [0.15, 0.2) is 77.4 Å². The van der Waals surface area contributed by atoms with Gasteiger partial charge in [0, 0.05) is 23.5 Å². The summed E-state index contributed by atoms with van der Waals surface area (Å²) in [5.74, 6) is 0.286. The molecule has 116 valence electrons. The minimum absolute atomic E-state index is 0.286. The smallest absolute Gasteiger partial charge is 0.0970 e. The summed E-state index contributed by atoms with van der Waals surface area (Å²) in [7, 11) is 0. The van der Waals surface area contributed by atoms with Gasteiger partial charge in [0.1, 0.15) is 0 Å². The van der Waals surface area contributed by atoms with E-state index in [9.17, 15) is 5.11 Å². The minimum Gasteiger partial charge on any atom is -0.512 e. The molecular weight excluding hydrogens is 270 g/mol. The highest BCUT2D eigenvalue weighted by Crippen LogP contribution is 2.22. The standard InChI is InChI=1S/C20H25NO/c1-14(2)15(3)9-10-16(4)17(5)12-20(18(6)22)19-8-7-11-21-13-19/h7-13,22H,1H2,2-6H3/b15-9+,16-10+,17-12+,20-18-. The second kappa shape index (κ2) is 8.18. The third-order valence-electron chi connectivity index (χ3n) is 3.60. The Labute approximate surface area is 133 Å². The first-order valence-corrected chi connectivity index (χ1v) is 7.33. The molecule has 1 aromatic heterocycles. The molecule has 1 aromatic rings. The van der Waals surface area contributed by atoms with Crippen LogP contribution in [-0.2, 0) is 0 Å². The molecule has 0 spiro atoms. The van der Waals surface area contributed by atoms with Gasteiger partial charge < -0.3 is 5.11 Å². The number of allylic oxidation sites excluding steroid dienone is 9. The molecule has 0 unspecified atom stereocenters. The van der Waals surface area contributed by atoms with E-state index in [0.717, 1.165) is 33.4 Å². The Balaban J connectivity index is 3.14. The van der Waals surface area contributed by atoms with E-state index < -0.39 is 0 Å². The molecule has 2 heteroatoms. The van der Waals surface area contributed by atoms with E-state index in [-0.39, 0.29) is 5.76 Å². The van der Waals surface area contributed by atoms with Crippen molar-refractivity contribution in [1.29, 1.82) is 0 Å². The van der Waals surface area contributed by atoms with Crippen LogP contribution in [0.3, 0.4) is 0 Å². The molecule has 0 saturated heterocycles. The summed E-state index contributed by atoms with van der Waals surface area (Å²) in [6.07, 6.45) is 9.60. The van der Waals surface area contributed by atoms with Crippen molar-refractivity contribution in [3.05, 3.63) is 82.9 Å². The summed E-state index contributed by atoms with van der Waals surface area (Å²) >= 11 is 0. The Kier molecular flexibility index (Phi) is 6.58. The van der Waals surface area contributed by atoms with Crippen molar-refractivity contribution < 1.29 is 5.11 Å². The number of aliphatic hydroxyl groups excluding tert-OH is 1. The second-order valence-corrected chi connectivity index (χ2v) is 5.55. The van der Waals surface area contributed by atoms with Crippen LogP contribution in [0.5, 0.6) is 0 Å². The number of nitrogens with zero attached hydrogens (tertiary/aromatic N) is 1. The normalized spacial score (nSPS) is 14.7. The van der Waals surface area contributed by atoms with Crippen molar-refractivity contribution in [2.45, 2.75) is 34.6 Å². The number of pyridine rings is 1. The fourth-order valence-electron chi connectivity index (χ4n) is 1.77. The van der Waals surface area contributed by atoms with Crippen molar-refractivity contribution in [2.75, 3.05) is 0 Å². The Morgan fingerprint density at radius 3 is 2.18 bits per heavy atom. The van der Waals surface area contributed by atoms with Crippen LogP contribution in [0.4, 0.5) is 0 Å². The summed E-state index contributed by atoms with van der Waals surface area (Å²) < 4.78 is 0. The van der Waals surface area contributed by atoms with Crippen LogP contribution in [0.25, 0.3) is 5.57 Å². The number of aliphatic hydroxyl groups is 1. The van der Waals surface area contributed by atoms with E-state index in [1.54, 1.807) is 19.3 Å². The summed E-state index contributed by atoms with van der Waals surface area (Å²) in [6, 6.07) is 3.80. The molecule has 0 aliphatic carbocycles. The average Bonchev–Trinajstić information content (AvgIpc) is 2.49. The van der Waals surface area contributed by atoms with Gasteiger partial charge in [-0.15, -0.1) is 0 Å². The minimum atomic E-state index is 0.286. The Bertz CT molecular complexity index is 654. The van der Waals surface area contributed by atoms with Crippen LogP contribution in [-0.4, -0.2) is 10.1 Å². The summed E-state index contributed by atoms with van der Waals surface area (Å²) in [6.45, 7) is 13.8. The van der Waals surface area contributed by atoms with E-state index >= 15 is 0 Å². The van der Waals surface area contributed by atoms with Crippen LogP contribution in [0.2, 0.25) is 0 Å². The second-order valence-electron chi connectivity index (χ2n) is 5.55. The molecule has 1 heterocycles. The average molecular weight is 295 g/mol. The van der Waals surface area contributed by atoms with Crippen molar-refractivity contribution in [2.24, 2.45) is 0 Å². The van der Waals surface area contributed by atoms with Gasteiger partial charge in [-0.1, -0.05) is 30.4 Å². The molecule has 0 bridgehead atoms. The third-order valence-corrected chi connectivity index (χ3v) is 3.60. The van der Waals surface area contributed by atoms with E-state index in [1.165, 1.54) is 0 Å². The number of hydrogen-bond acceptors (Lipinski definition) is 2. The maximum absolute atomic E-state index is 9.95. The van der Waals surface area contributed by atoms with E-state index in [1.807, 2.05) is 39.0 Å². The molecule has 1 N–H and O–H groups in total. The summed E-state index contributed by atoms with van der Waals surface area (Å²) in [4.78, 5) is 4.11. The first kappa shape index (κ1) is 17.7. The predicted molar refractivity (Wildman–Crippen MR) is 95.5 cm³/mol. The molecule has 0 atom stereocenters. The lowest BCUT2D eigenvalue weighted by atomic mass is 10.00. The van der Waals surface area contributed by atoms with Crippen LogP contribution < -0.4 is 0 Å². The first-order chi connectivity index (χ1) is 10.3. The topological polar surface area (TPSA) is 33.1 Å². The van der Waals surface area contributed by atoms with Crippen LogP contribution >= 0.6 is 0 Å². The Hall–Kier alpha value is -2.35. The van der Waals surface area contributed by atoms with Gasteiger partial charge in [-0.3, -0.25) is 4.98 Å². The van der Waals surface area contributed by atoms with Crippen molar-refractivity contribution in [1.82, 2.24) is 4.98 Å². The zero-order valence-corrected chi connectivity index (χ0v) is 14.1. The van der Waals surface area contributed by atoms with Gasteiger partial charge in [-0.2, -0.15) is 0 Å². The quantitative estimate of drug-likeness (QED) is 0.551. The van der Waals surface area contributed by atoms with E-state index in [2.05, 4.69) is 30.6 Å². The monoisotopic (exact) mass is 295 g/mol. The van der Waals surface area contributed by atoms with Gasteiger partial charge in [0.25, 0.3) is 0 Å². The first-order valence-electron chi connectivity index (χ1n) is 7.33. The molecule has 0 aromatic carbocycles. The maximum atomic E-state index is 9.95. The molecule has 0 aliphatic heterocycles. The van der Waals surface area contributed by atoms with Gasteiger partial charge in [0.05, 0.1) is 5.76 Å². The van der Waals surface area contributed by atoms with Crippen molar-refractivity contribution in [3.63, 3.8) is 0 Å². The molecule has 2 nitrogen and oxygen atoms in total. The summed E-state index contributed by atoms with van der Waals surface area (Å²) in [5.41, 5.74) is 6.16. The molecule has 0 amide bonds. The number of hydrogen-bond donors (Lipinski definition) is 1. The summed E-state index contributed by atoms with van der Waals surface area (Å²) in [5, 5.41) is 9.95. The fourth-order valence-corrected chi connectivity index (χ4v) is 1.77. The third kappa shape index (κ3) is 5.21. The van der Waals surface area contributed by atoms with Gasteiger partial charge in [0.15, 0.2) is 0 Å². The number of aromatic nitrogens is 1. The lowest BCUT2D eigenvalue weighted by Crippen LogP contribution is -1.90. The van der Waals surface area contributed by atoms with Crippen molar-refractivity contribution >= 4 is 5.57 Å². The van der Waals surface area contributed by atoms with Crippen LogP contribution in [0, 0.1) is 0 Å². The fraction of sp³-hybridized carbons (Fsp3) is 0.250. The zero-order valence-electron chi connectivity index (χ0n) is 14.1. The molecule has 1 rings (SSSR count). The molecular formula is C20H25NO. The molecule has 0 aliphatic rings. The maximum Gasteiger partial charge on any atom is 0.0970 e. The predicted octanol–water partition coefficient (Wildman–Crippen LogP) is 5.79. The lowest BCUT2D eigenvalue weighted by molar-refractivity contribution is 0.417. The highest BCUT2D eigenvalue weighted by atomic mass is 16.3.